The number of carbonyl (C=O) groups excluding carboxylic acids is 1. The monoisotopic (exact) mass is 368 g/mol. The highest BCUT2D eigenvalue weighted by Gasteiger charge is 2.20. The molecule has 0 unspecified atom stereocenters. The summed E-state index contributed by atoms with van der Waals surface area (Å²) in [6.45, 7) is 1.50. The molecule has 2 aromatic heterocycles. The molecular formula is C13H13BrN4O4. The molecule has 0 aromatic carbocycles. The third kappa shape index (κ3) is 2.89. The van der Waals surface area contributed by atoms with E-state index in [1.807, 2.05) is 0 Å². The third-order valence-electron chi connectivity index (χ3n) is 3.37. The SMILES string of the molecule is O=C(O)c1cn2cc(Br)nc(OCCN3CCCC3=O)c2n1. The number of aromatic nitrogens is 3. The van der Waals surface area contributed by atoms with E-state index < -0.39 is 5.97 Å². The van der Waals surface area contributed by atoms with Gasteiger partial charge in [0.25, 0.3) is 5.88 Å². The van der Waals surface area contributed by atoms with Crippen molar-refractivity contribution in [1.29, 1.82) is 0 Å². The molecule has 0 radical (unpaired) electrons. The summed E-state index contributed by atoms with van der Waals surface area (Å²) in [6.07, 6.45) is 4.45. The second kappa shape index (κ2) is 5.91. The third-order valence-corrected chi connectivity index (χ3v) is 3.75. The lowest BCUT2D eigenvalue weighted by Gasteiger charge is -2.15. The number of likely N-dealkylation sites (tertiary alicyclic amines) is 1. The van der Waals surface area contributed by atoms with Crippen molar-refractivity contribution in [1.82, 2.24) is 19.3 Å². The van der Waals surface area contributed by atoms with Crippen LogP contribution >= 0.6 is 15.9 Å². The average molecular weight is 369 g/mol. The summed E-state index contributed by atoms with van der Waals surface area (Å²) in [7, 11) is 0. The molecule has 116 valence electrons. The molecule has 9 heteroatoms. The minimum absolute atomic E-state index is 0.0838. The number of hydrogen-bond donors (Lipinski definition) is 1. The maximum atomic E-state index is 11.5. The summed E-state index contributed by atoms with van der Waals surface area (Å²) >= 11 is 3.25. The van der Waals surface area contributed by atoms with Gasteiger partial charge in [-0.2, -0.15) is 0 Å². The largest absolute Gasteiger partial charge is 0.476 e. The van der Waals surface area contributed by atoms with Gasteiger partial charge in [0.15, 0.2) is 5.69 Å². The summed E-state index contributed by atoms with van der Waals surface area (Å²) in [5, 5.41) is 9.00. The molecule has 1 aliphatic heterocycles. The Hall–Kier alpha value is -2.16. The van der Waals surface area contributed by atoms with Crippen LogP contribution in [0.1, 0.15) is 23.3 Å². The Kier molecular flexibility index (Phi) is 3.97. The highest BCUT2D eigenvalue weighted by atomic mass is 79.9. The van der Waals surface area contributed by atoms with Crippen molar-refractivity contribution in [2.75, 3.05) is 19.7 Å². The Morgan fingerprint density at radius 2 is 2.23 bits per heavy atom. The van der Waals surface area contributed by atoms with Crippen LogP contribution in [0.3, 0.4) is 0 Å². The second-order valence-corrected chi connectivity index (χ2v) is 5.68. The number of imidazole rings is 1. The van der Waals surface area contributed by atoms with Gasteiger partial charge in [-0.1, -0.05) is 0 Å². The fourth-order valence-electron chi connectivity index (χ4n) is 2.33. The molecule has 8 nitrogen and oxygen atoms in total. The van der Waals surface area contributed by atoms with E-state index >= 15 is 0 Å². The van der Waals surface area contributed by atoms with Gasteiger partial charge in [0.2, 0.25) is 11.6 Å². The van der Waals surface area contributed by atoms with Gasteiger partial charge in [-0.25, -0.2) is 14.8 Å². The van der Waals surface area contributed by atoms with Gasteiger partial charge in [0, 0.05) is 25.4 Å². The fourth-order valence-corrected chi connectivity index (χ4v) is 2.72. The summed E-state index contributed by atoms with van der Waals surface area (Å²) < 4.78 is 7.63. The number of aromatic carboxylic acids is 1. The molecule has 1 saturated heterocycles. The first-order valence-corrected chi connectivity index (χ1v) is 7.53. The van der Waals surface area contributed by atoms with Crippen molar-refractivity contribution in [3.8, 4) is 5.88 Å². The molecule has 2 aromatic rings. The number of carbonyl (C=O) groups is 2. The lowest BCUT2D eigenvalue weighted by atomic mass is 10.4. The maximum Gasteiger partial charge on any atom is 0.356 e. The van der Waals surface area contributed by atoms with Crippen molar-refractivity contribution in [2.45, 2.75) is 12.8 Å². The number of ether oxygens (including phenoxy) is 1. The molecule has 1 fully saturated rings. The summed E-state index contributed by atoms with van der Waals surface area (Å²) in [6, 6.07) is 0. The van der Waals surface area contributed by atoms with Gasteiger partial charge in [0.1, 0.15) is 11.2 Å². The molecule has 3 heterocycles. The zero-order valence-corrected chi connectivity index (χ0v) is 13.1. The van der Waals surface area contributed by atoms with Crippen LogP contribution in [0.15, 0.2) is 17.0 Å². The number of hydrogen-bond acceptors (Lipinski definition) is 5. The number of amides is 1. The number of carboxylic acid groups (broad SMARTS) is 1. The van der Waals surface area contributed by atoms with E-state index in [1.54, 1.807) is 11.1 Å². The molecule has 0 bridgehead atoms. The van der Waals surface area contributed by atoms with E-state index in [1.165, 1.54) is 10.6 Å². The zero-order chi connectivity index (χ0) is 15.7. The van der Waals surface area contributed by atoms with Crippen LogP contribution in [0.4, 0.5) is 0 Å². The van der Waals surface area contributed by atoms with E-state index in [2.05, 4.69) is 25.9 Å². The minimum Gasteiger partial charge on any atom is -0.476 e. The molecule has 1 aliphatic rings. The maximum absolute atomic E-state index is 11.5. The minimum atomic E-state index is -1.12. The van der Waals surface area contributed by atoms with Crippen molar-refractivity contribution < 1.29 is 19.4 Å². The molecule has 22 heavy (non-hydrogen) atoms. The first kappa shape index (κ1) is 14.8. The Balaban J connectivity index is 1.77. The Bertz CT molecular complexity index is 745. The van der Waals surface area contributed by atoms with E-state index in [-0.39, 0.29) is 24.1 Å². The smallest absolute Gasteiger partial charge is 0.356 e. The van der Waals surface area contributed by atoms with Crippen LogP contribution in [0.2, 0.25) is 0 Å². The van der Waals surface area contributed by atoms with Crippen LogP contribution in [-0.4, -0.2) is 55.9 Å². The van der Waals surface area contributed by atoms with E-state index in [0.717, 1.165) is 13.0 Å². The standard InChI is InChI=1S/C13H13BrN4O4/c14-9-7-18-6-8(13(20)21)15-11(18)12(16-9)22-5-4-17-3-1-2-10(17)19/h6-7H,1-5H2,(H,20,21). The quantitative estimate of drug-likeness (QED) is 0.851. The number of fused-ring (bicyclic) bond motifs is 1. The number of halogens is 1. The lowest BCUT2D eigenvalue weighted by Crippen LogP contribution is -2.29. The lowest BCUT2D eigenvalue weighted by molar-refractivity contribution is -0.128. The number of nitrogens with zero attached hydrogens (tertiary/aromatic N) is 4. The summed E-state index contributed by atoms with van der Waals surface area (Å²) in [5.74, 6) is -0.758. The molecule has 0 saturated carbocycles. The second-order valence-electron chi connectivity index (χ2n) is 4.86. The predicted molar refractivity (Wildman–Crippen MR) is 79.0 cm³/mol. The molecule has 0 atom stereocenters. The van der Waals surface area contributed by atoms with Crippen molar-refractivity contribution in [3.63, 3.8) is 0 Å². The molecule has 1 amide bonds. The van der Waals surface area contributed by atoms with E-state index in [0.29, 0.717) is 23.2 Å². The van der Waals surface area contributed by atoms with Gasteiger partial charge in [-0.3, -0.25) is 9.20 Å². The molecular weight excluding hydrogens is 356 g/mol. The van der Waals surface area contributed by atoms with Crippen LogP contribution in [0.5, 0.6) is 5.88 Å². The average Bonchev–Trinajstić information content (AvgIpc) is 3.05. The fraction of sp³-hybridized carbons (Fsp3) is 0.385. The van der Waals surface area contributed by atoms with Gasteiger partial charge >= 0.3 is 5.97 Å². The highest BCUT2D eigenvalue weighted by Crippen LogP contribution is 2.20. The van der Waals surface area contributed by atoms with Crippen LogP contribution < -0.4 is 4.74 Å². The van der Waals surface area contributed by atoms with E-state index in [4.69, 9.17) is 9.84 Å². The Morgan fingerprint density at radius 1 is 1.41 bits per heavy atom. The van der Waals surface area contributed by atoms with Gasteiger partial charge in [-0.05, 0) is 22.4 Å². The summed E-state index contributed by atoms with van der Waals surface area (Å²) in [4.78, 5) is 32.4. The molecule has 3 rings (SSSR count). The Labute approximate surface area is 133 Å². The van der Waals surface area contributed by atoms with Crippen molar-refractivity contribution in [2.24, 2.45) is 0 Å². The van der Waals surface area contributed by atoms with Gasteiger partial charge in [-0.15, -0.1) is 0 Å². The number of rotatable bonds is 5. The Morgan fingerprint density at radius 3 is 2.91 bits per heavy atom. The van der Waals surface area contributed by atoms with Crippen molar-refractivity contribution in [3.05, 3.63) is 22.7 Å². The molecule has 0 spiro atoms. The van der Waals surface area contributed by atoms with Crippen LogP contribution in [0.25, 0.3) is 5.65 Å². The van der Waals surface area contributed by atoms with E-state index in [9.17, 15) is 9.59 Å². The highest BCUT2D eigenvalue weighted by molar-refractivity contribution is 9.10. The topological polar surface area (TPSA) is 97.0 Å². The summed E-state index contributed by atoms with van der Waals surface area (Å²) in [5.41, 5.74) is 0.243. The predicted octanol–water partition coefficient (Wildman–Crippen LogP) is 1.19. The number of carboxylic acids is 1. The van der Waals surface area contributed by atoms with Crippen LogP contribution in [-0.2, 0) is 4.79 Å². The van der Waals surface area contributed by atoms with Gasteiger partial charge < -0.3 is 14.7 Å². The van der Waals surface area contributed by atoms with Gasteiger partial charge in [0.05, 0.1) is 6.54 Å². The zero-order valence-electron chi connectivity index (χ0n) is 11.5. The van der Waals surface area contributed by atoms with Crippen molar-refractivity contribution >= 4 is 33.5 Å². The molecule has 1 N–H and O–H groups in total. The normalized spacial score (nSPS) is 14.8. The first-order chi connectivity index (χ1) is 10.5. The van der Waals surface area contributed by atoms with Crippen LogP contribution in [0, 0.1) is 0 Å². The first-order valence-electron chi connectivity index (χ1n) is 6.74. The molecule has 0 aliphatic carbocycles.